The first kappa shape index (κ1) is 68.7. The number of ketones is 2. The molecule has 1 saturated carbocycles. The fraction of sp³-hybridized carbons (Fsp3) is 0.403. The molecule has 2 unspecified atom stereocenters. The number of hydrogen-bond donors (Lipinski definition) is 1. The molecular weight excluding hydrogens is 1160 g/mol. The Kier molecular flexibility index (Phi) is 27.9. The van der Waals surface area contributed by atoms with Crippen LogP contribution >= 0.6 is 0 Å². The van der Waals surface area contributed by atoms with Gasteiger partial charge in [0.1, 0.15) is 15.4 Å². The van der Waals surface area contributed by atoms with Crippen LogP contribution in [0.25, 0.3) is 0 Å². The second-order valence-electron chi connectivity index (χ2n) is 19.6. The van der Waals surface area contributed by atoms with Crippen LogP contribution in [-0.2, 0) is 99.6 Å². The van der Waals surface area contributed by atoms with Gasteiger partial charge in [-0.1, -0.05) is 84.3 Å². The van der Waals surface area contributed by atoms with E-state index >= 15 is 0 Å². The van der Waals surface area contributed by atoms with Crippen molar-refractivity contribution in [1.82, 2.24) is 10.4 Å². The summed E-state index contributed by atoms with van der Waals surface area (Å²) in [7, 11) is -5.00. The molecule has 2 fully saturated rings. The molecule has 4 aromatic carbocycles. The maximum Gasteiger partial charge on any atom is 1.00 e. The number of anilines is 2. The molecular formula is C62H65N4NaO19S. The van der Waals surface area contributed by atoms with Crippen molar-refractivity contribution in [2.24, 2.45) is 0 Å². The summed E-state index contributed by atoms with van der Waals surface area (Å²) in [4.78, 5) is 117. The normalized spacial score (nSPS) is 15.6. The van der Waals surface area contributed by atoms with Gasteiger partial charge in [-0.2, -0.15) is 0 Å². The van der Waals surface area contributed by atoms with Gasteiger partial charge in [-0.05, 0) is 60.4 Å². The standard InChI is InChI=1S/C36H43N3O11.C26H23NO8S.Na/c40-32(37-16-13-33(41)38-27-30-7-2-1-5-28(30)9-10-29-6-3-4-8-31(29)38)14-17-45-19-21-47-23-25-49-26-24-48-22-20-46-18-15-36(44)50-39-34(42)11-12-35(39)43;28-21-15-22(36(32,33)34)25(31)26(21)35-24(30)12-6-5-11-23(29)27-16-19-9-2-1-7-17(19)13-14-18-8-3-4-10-20(18)27;/h1-8H,11-27H2,(H,37,40);1-4,7-10,22,26H,5-6,11-12,15-16H2,(H,32,33,34);/q;;+1/p-1. The average molecular weight is 1230 g/mol. The fourth-order valence-corrected chi connectivity index (χ4v) is 9.79. The summed E-state index contributed by atoms with van der Waals surface area (Å²) < 4.78 is 65.2. The van der Waals surface area contributed by atoms with Gasteiger partial charge < -0.3 is 52.9 Å². The molecule has 87 heavy (non-hydrogen) atoms. The minimum atomic E-state index is -5.00. The van der Waals surface area contributed by atoms with E-state index in [4.69, 9.17) is 33.3 Å². The molecule has 23 nitrogen and oxygen atoms in total. The van der Waals surface area contributed by atoms with Crippen molar-refractivity contribution < 1.29 is 119 Å². The number of para-hydroxylation sites is 2. The van der Waals surface area contributed by atoms with Gasteiger partial charge in [0.15, 0.2) is 11.6 Å². The van der Waals surface area contributed by atoms with Crippen LogP contribution in [0, 0.1) is 23.7 Å². The van der Waals surface area contributed by atoms with Gasteiger partial charge in [-0.25, -0.2) is 13.2 Å². The number of ether oxygens (including phenoxy) is 6. The molecule has 3 heterocycles. The molecule has 25 heteroatoms. The molecule has 8 rings (SSSR count). The largest absolute Gasteiger partial charge is 1.00 e. The van der Waals surface area contributed by atoms with E-state index in [-0.39, 0.29) is 125 Å². The first-order chi connectivity index (χ1) is 41.6. The van der Waals surface area contributed by atoms with E-state index in [1.54, 1.807) is 9.80 Å². The van der Waals surface area contributed by atoms with Crippen molar-refractivity contribution in [3.05, 3.63) is 130 Å². The molecule has 0 bridgehead atoms. The van der Waals surface area contributed by atoms with Gasteiger partial charge in [0.05, 0.1) is 97.0 Å². The fourth-order valence-electron chi connectivity index (χ4n) is 9.01. The summed E-state index contributed by atoms with van der Waals surface area (Å²) in [6.45, 7) is 4.05. The maximum atomic E-state index is 13.2. The summed E-state index contributed by atoms with van der Waals surface area (Å²) in [5, 5.41) is 1.29. The van der Waals surface area contributed by atoms with Crippen LogP contribution in [0.2, 0.25) is 0 Å². The Morgan fingerprint density at radius 1 is 0.529 bits per heavy atom. The number of hydrogen-bond acceptors (Lipinski definition) is 19. The van der Waals surface area contributed by atoms with Crippen molar-refractivity contribution in [2.75, 3.05) is 82.4 Å². The Bertz CT molecular complexity index is 3360. The van der Waals surface area contributed by atoms with Crippen LogP contribution < -0.4 is 44.7 Å². The third-order valence-corrected chi connectivity index (χ3v) is 14.6. The van der Waals surface area contributed by atoms with E-state index in [0.717, 1.165) is 39.1 Å². The van der Waals surface area contributed by atoms with Gasteiger partial charge in [0.2, 0.25) is 23.8 Å². The molecule has 1 saturated heterocycles. The molecule has 4 aromatic rings. The number of rotatable bonds is 29. The van der Waals surface area contributed by atoms with E-state index in [0.29, 0.717) is 76.5 Å². The van der Waals surface area contributed by atoms with E-state index in [9.17, 15) is 56.1 Å². The van der Waals surface area contributed by atoms with Crippen LogP contribution in [-0.4, -0.2) is 155 Å². The zero-order valence-corrected chi connectivity index (χ0v) is 51.0. The number of Topliss-reactive ketones (excluding diaryl/α,β-unsaturated/α-hetero) is 2. The second-order valence-corrected chi connectivity index (χ2v) is 21.2. The Morgan fingerprint density at radius 2 is 0.954 bits per heavy atom. The minimum absolute atomic E-state index is 0. The van der Waals surface area contributed by atoms with Crippen molar-refractivity contribution in [3.63, 3.8) is 0 Å². The molecule has 0 radical (unpaired) electrons. The first-order valence-corrected chi connectivity index (χ1v) is 29.5. The Hall–Kier alpha value is -7.46. The summed E-state index contributed by atoms with van der Waals surface area (Å²) in [5.74, 6) is 7.47. The van der Waals surface area contributed by atoms with Crippen molar-refractivity contribution >= 4 is 74.5 Å². The molecule has 0 spiro atoms. The van der Waals surface area contributed by atoms with Crippen LogP contribution in [0.15, 0.2) is 97.1 Å². The average Bonchev–Trinajstić information content (AvgIpc) is 4.17. The van der Waals surface area contributed by atoms with Crippen molar-refractivity contribution in [2.45, 2.75) is 88.7 Å². The number of nitrogens with one attached hydrogen (secondary N) is 1. The number of imide groups is 1. The Morgan fingerprint density at radius 3 is 1.45 bits per heavy atom. The van der Waals surface area contributed by atoms with Gasteiger partial charge in [0.25, 0.3) is 11.8 Å². The summed E-state index contributed by atoms with van der Waals surface area (Å²) >= 11 is 0. The third kappa shape index (κ3) is 21.4. The Balaban J connectivity index is 0.000000289. The van der Waals surface area contributed by atoms with Crippen LogP contribution in [0.4, 0.5) is 11.4 Å². The molecule has 5 amide bonds. The van der Waals surface area contributed by atoms with Gasteiger partial charge >= 0.3 is 41.5 Å². The topological polar surface area (TPSA) is 297 Å². The van der Waals surface area contributed by atoms with Crippen LogP contribution in [0.3, 0.4) is 0 Å². The molecule has 3 aliphatic heterocycles. The van der Waals surface area contributed by atoms with E-state index in [1.807, 2.05) is 97.1 Å². The number of nitrogens with zero attached hydrogens (tertiary/aromatic N) is 3. The van der Waals surface area contributed by atoms with Crippen molar-refractivity contribution in [3.8, 4) is 23.7 Å². The number of carbonyl (C=O) groups excluding carboxylic acids is 9. The zero-order chi connectivity index (χ0) is 61.3. The molecule has 1 aliphatic carbocycles. The van der Waals surface area contributed by atoms with Crippen LogP contribution in [0.5, 0.6) is 0 Å². The van der Waals surface area contributed by atoms with E-state index in [2.05, 4.69) is 29.0 Å². The molecule has 454 valence electrons. The SMILES string of the molecule is O=C(CCCCC(=O)N1Cc2ccccc2C#Cc2ccccc21)OC1C(=O)CC(S(=O)(=O)[O-])C1=O.O=C(CCOCCOCCOCCOCCOCCC(=O)ON1C(=O)CCC1=O)NCCC(=O)N1Cc2ccccc2C#Cc2ccccc21.[Na+]. The predicted octanol–water partition coefficient (Wildman–Crippen LogP) is 0.775. The van der Waals surface area contributed by atoms with E-state index in [1.165, 1.54) is 0 Å². The number of hydroxylamine groups is 2. The predicted molar refractivity (Wildman–Crippen MR) is 305 cm³/mol. The van der Waals surface area contributed by atoms with Crippen LogP contribution in [0.1, 0.15) is 97.6 Å². The summed E-state index contributed by atoms with van der Waals surface area (Å²) in [6, 6.07) is 30.3. The molecule has 1 N–H and O–H groups in total. The second kappa shape index (κ2) is 35.4. The molecule has 0 aromatic heterocycles. The molecule has 2 atom stereocenters. The number of unbranched alkanes of at least 4 members (excludes halogenated alkanes) is 1. The minimum Gasteiger partial charge on any atom is -0.747 e. The first-order valence-electron chi connectivity index (χ1n) is 28.0. The molecule has 4 aliphatic rings. The number of benzene rings is 4. The smallest absolute Gasteiger partial charge is 0.747 e. The van der Waals surface area contributed by atoms with Gasteiger partial charge in [-0.15, -0.1) is 5.06 Å². The third-order valence-electron chi connectivity index (χ3n) is 13.5. The summed E-state index contributed by atoms with van der Waals surface area (Å²) in [6.07, 6.45) is -1.78. The maximum absolute atomic E-state index is 13.2. The summed E-state index contributed by atoms with van der Waals surface area (Å²) in [5.41, 5.74) is 6.60. The van der Waals surface area contributed by atoms with Gasteiger partial charge in [0, 0.05) is 73.7 Å². The number of esters is 1. The van der Waals surface area contributed by atoms with Gasteiger partial charge in [-0.3, -0.25) is 38.4 Å². The van der Waals surface area contributed by atoms with Crippen molar-refractivity contribution in [1.29, 1.82) is 0 Å². The Labute approximate surface area is 526 Å². The van der Waals surface area contributed by atoms with E-state index < -0.39 is 63.2 Å². The zero-order valence-electron chi connectivity index (χ0n) is 48.2. The monoisotopic (exact) mass is 1220 g/mol. The quantitative estimate of drug-likeness (QED) is 0.0149. The number of amides is 5. The number of carbonyl (C=O) groups is 9. The number of fused-ring (bicyclic) bond motifs is 4.